The first-order valence-corrected chi connectivity index (χ1v) is 5.53. The van der Waals surface area contributed by atoms with Crippen molar-refractivity contribution in [2.75, 3.05) is 13.2 Å². The highest BCUT2D eigenvalue weighted by atomic mass is 16.6. The zero-order valence-electron chi connectivity index (χ0n) is 9.66. The third kappa shape index (κ3) is 2.94. The normalized spacial score (nSPS) is 18.1. The Morgan fingerprint density at radius 1 is 1.53 bits per heavy atom. The van der Waals surface area contributed by atoms with Crippen LogP contribution < -0.4 is 0 Å². The number of carbonyl (C=O) groups is 2. The smallest absolute Gasteiger partial charge is 0.416 e. The molecule has 0 saturated carbocycles. The number of carbonyl (C=O) groups excluding carboxylic acids is 2. The Bertz CT molecular complexity index is 250. The molecule has 4 heteroatoms. The average Bonchev–Trinajstić information content (AvgIpc) is 2.60. The maximum absolute atomic E-state index is 11.8. The van der Waals surface area contributed by atoms with Gasteiger partial charge in [0, 0.05) is 6.42 Å². The van der Waals surface area contributed by atoms with E-state index in [1.54, 1.807) is 0 Å². The molecule has 0 aromatic rings. The van der Waals surface area contributed by atoms with Crippen molar-refractivity contribution in [3.63, 3.8) is 0 Å². The van der Waals surface area contributed by atoms with E-state index in [-0.39, 0.29) is 5.91 Å². The van der Waals surface area contributed by atoms with Gasteiger partial charge in [0.2, 0.25) is 5.91 Å². The van der Waals surface area contributed by atoms with Crippen molar-refractivity contribution in [2.45, 2.75) is 33.6 Å². The van der Waals surface area contributed by atoms with Crippen molar-refractivity contribution in [1.29, 1.82) is 0 Å². The summed E-state index contributed by atoms with van der Waals surface area (Å²) in [6.45, 7) is 7.02. The van der Waals surface area contributed by atoms with Gasteiger partial charge >= 0.3 is 6.09 Å². The van der Waals surface area contributed by atoms with Crippen LogP contribution in [0, 0.1) is 11.8 Å². The molecule has 0 bridgehead atoms. The maximum Gasteiger partial charge on any atom is 0.416 e. The molecule has 2 amide bonds. The van der Waals surface area contributed by atoms with Crippen LogP contribution in [-0.4, -0.2) is 30.1 Å². The van der Waals surface area contributed by atoms with Crippen molar-refractivity contribution < 1.29 is 14.3 Å². The Morgan fingerprint density at radius 2 is 2.20 bits per heavy atom. The molecule has 0 aliphatic carbocycles. The maximum atomic E-state index is 11.8. The fourth-order valence-electron chi connectivity index (χ4n) is 1.81. The number of imide groups is 1. The van der Waals surface area contributed by atoms with E-state index in [1.165, 1.54) is 4.90 Å². The van der Waals surface area contributed by atoms with Gasteiger partial charge in [0.15, 0.2) is 0 Å². The van der Waals surface area contributed by atoms with Crippen molar-refractivity contribution in [3.05, 3.63) is 0 Å². The van der Waals surface area contributed by atoms with E-state index in [2.05, 4.69) is 20.8 Å². The first-order chi connectivity index (χ1) is 7.06. The average molecular weight is 213 g/mol. The number of amides is 2. The van der Waals surface area contributed by atoms with E-state index in [0.29, 0.717) is 31.4 Å². The van der Waals surface area contributed by atoms with Gasteiger partial charge in [0.25, 0.3) is 0 Å². The number of nitrogens with zero attached hydrogens (tertiary/aromatic N) is 1. The number of rotatable bonds is 4. The largest absolute Gasteiger partial charge is 0.447 e. The summed E-state index contributed by atoms with van der Waals surface area (Å²) in [4.78, 5) is 24.1. The van der Waals surface area contributed by atoms with Gasteiger partial charge in [0.1, 0.15) is 6.61 Å². The van der Waals surface area contributed by atoms with Crippen LogP contribution >= 0.6 is 0 Å². The second kappa shape index (κ2) is 5.14. The molecule has 15 heavy (non-hydrogen) atoms. The standard InChI is InChI=1S/C11H19NO3/c1-4-9(8(2)3)7-10(13)12-5-6-15-11(12)14/h8-9H,4-7H2,1-3H3/t9-/m0/s1. The lowest BCUT2D eigenvalue weighted by Crippen LogP contribution is -2.33. The summed E-state index contributed by atoms with van der Waals surface area (Å²) in [7, 11) is 0. The van der Waals surface area contributed by atoms with Crippen molar-refractivity contribution in [2.24, 2.45) is 11.8 Å². The summed E-state index contributed by atoms with van der Waals surface area (Å²) >= 11 is 0. The van der Waals surface area contributed by atoms with E-state index in [4.69, 9.17) is 4.74 Å². The summed E-state index contributed by atoms with van der Waals surface area (Å²) in [5.41, 5.74) is 0. The van der Waals surface area contributed by atoms with E-state index in [0.717, 1.165) is 6.42 Å². The number of hydrogen-bond donors (Lipinski definition) is 0. The van der Waals surface area contributed by atoms with Crippen LogP contribution in [0.2, 0.25) is 0 Å². The molecule has 1 fully saturated rings. The van der Waals surface area contributed by atoms with Crippen molar-refractivity contribution in [3.8, 4) is 0 Å². The topological polar surface area (TPSA) is 46.6 Å². The summed E-state index contributed by atoms with van der Waals surface area (Å²) in [5, 5.41) is 0. The molecule has 1 rings (SSSR count). The predicted octanol–water partition coefficient (Wildman–Crippen LogP) is 2.04. The highest BCUT2D eigenvalue weighted by Crippen LogP contribution is 2.20. The lowest BCUT2D eigenvalue weighted by molar-refractivity contribution is -0.129. The first kappa shape index (κ1) is 12.0. The fraction of sp³-hybridized carbons (Fsp3) is 0.818. The molecule has 1 saturated heterocycles. The Balaban J connectivity index is 2.50. The van der Waals surface area contributed by atoms with Gasteiger partial charge in [-0.3, -0.25) is 4.79 Å². The molecule has 0 unspecified atom stereocenters. The Morgan fingerprint density at radius 3 is 2.60 bits per heavy atom. The molecule has 1 aliphatic rings. The van der Waals surface area contributed by atoms with Crippen LogP contribution in [0.1, 0.15) is 33.6 Å². The minimum atomic E-state index is -0.487. The quantitative estimate of drug-likeness (QED) is 0.718. The molecule has 86 valence electrons. The molecule has 0 N–H and O–H groups in total. The number of ether oxygens (including phenoxy) is 1. The molecule has 0 aromatic heterocycles. The third-order valence-corrected chi connectivity index (χ3v) is 2.97. The number of cyclic esters (lactones) is 1. The molecular weight excluding hydrogens is 194 g/mol. The van der Waals surface area contributed by atoms with E-state index in [9.17, 15) is 9.59 Å². The Hall–Kier alpha value is -1.06. The second-order valence-electron chi connectivity index (χ2n) is 4.28. The molecule has 4 nitrogen and oxygen atoms in total. The van der Waals surface area contributed by atoms with Gasteiger partial charge in [-0.25, -0.2) is 9.69 Å². The molecular formula is C11H19NO3. The molecule has 1 heterocycles. The number of hydrogen-bond acceptors (Lipinski definition) is 3. The second-order valence-corrected chi connectivity index (χ2v) is 4.28. The Kier molecular flexibility index (Phi) is 4.12. The van der Waals surface area contributed by atoms with E-state index < -0.39 is 6.09 Å². The van der Waals surface area contributed by atoms with Crippen LogP contribution in [0.5, 0.6) is 0 Å². The zero-order chi connectivity index (χ0) is 11.4. The molecule has 0 radical (unpaired) electrons. The molecule has 0 spiro atoms. The van der Waals surface area contributed by atoms with Gasteiger partial charge in [-0.1, -0.05) is 27.2 Å². The van der Waals surface area contributed by atoms with Crippen LogP contribution in [0.25, 0.3) is 0 Å². The van der Waals surface area contributed by atoms with Gasteiger partial charge < -0.3 is 4.74 Å². The fourth-order valence-corrected chi connectivity index (χ4v) is 1.81. The van der Waals surface area contributed by atoms with Crippen LogP contribution in [0.15, 0.2) is 0 Å². The van der Waals surface area contributed by atoms with Crippen molar-refractivity contribution in [1.82, 2.24) is 4.90 Å². The van der Waals surface area contributed by atoms with Crippen LogP contribution in [0.3, 0.4) is 0 Å². The van der Waals surface area contributed by atoms with E-state index >= 15 is 0 Å². The van der Waals surface area contributed by atoms with Crippen LogP contribution in [-0.2, 0) is 9.53 Å². The summed E-state index contributed by atoms with van der Waals surface area (Å²) in [6.07, 6.45) is 0.925. The highest BCUT2D eigenvalue weighted by molar-refractivity contribution is 5.93. The molecule has 1 atom stereocenters. The van der Waals surface area contributed by atoms with Gasteiger partial charge in [-0.2, -0.15) is 0 Å². The van der Waals surface area contributed by atoms with E-state index in [1.807, 2.05) is 0 Å². The summed E-state index contributed by atoms with van der Waals surface area (Å²) in [5.74, 6) is 0.724. The zero-order valence-corrected chi connectivity index (χ0v) is 9.66. The monoisotopic (exact) mass is 213 g/mol. The highest BCUT2D eigenvalue weighted by Gasteiger charge is 2.29. The van der Waals surface area contributed by atoms with Gasteiger partial charge in [-0.05, 0) is 11.8 Å². The lowest BCUT2D eigenvalue weighted by atomic mass is 9.90. The molecule has 0 aromatic carbocycles. The summed E-state index contributed by atoms with van der Waals surface area (Å²) in [6, 6.07) is 0. The van der Waals surface area contributed by atoms with Gasteiger partial charge in [0.05, 0.1) is 6.54 Å². The first-order valence-electron chi connectivity index (χ1n) is 5.53. The van der Waals surface area contributed by atoms with Crippen LogP contribution in [0.4, 0.5) is 4.79 Å². The SMILES string of the molecule is CC[C@@H](CC(=O)N1CCOC1=O)C(C)C. The summed E-state index contributed by atoms with van der Waals surface area (Å²) < 4.78 is 4.73. The lowest BCUT2D eigenvalue weighted by Gasteiger charge is -2.20. The minimum Gasteiger partial charge on any atom is -0.447 e. The Labute approximate surface area is 90.6 Å². The molecule has 1 aliphatic heterocycles. The predicted molar refractivity (Wildman–Crippen MR) is 56.3 cm³/mol. The minimum absolute atomic E-state index is 0.0990. The van der Waals surface area contributed by atoms with Gasteiger partial charge in [-0.15, -0.1) is 0 Å². The third-order valence-electron chi connectivity index (χ3n) is 2.97. The van der Waals surface area contributed by atoms with Crippen molar-refractivity contribution >= 4 is 12.0 Å².